The normalized spacial score (nSPS) is 10.8. The Morgan fingerprint density at radius 2 is 1.88 bits per heavy atom. The van der Waals surface area contributed by atoms with Crippen LogP contribution in [0.3, 0.4) is 0 Å². The Morgan fingerprint density at radius 3 is 2.38 bits per heavy atom. The minimum Gasteiger partial charge on any atom is -0.493 e. The molecule has 9 heteroatoms. The van der Waals surface area contributed by atoms with Gasteiger partial charge in [-0.05, 0) is 12.1 Å². The van der Waals surface area contributed by atoms with Crippen LogP contribution in [0.15, 0.2) is 43.5 Å². The maximum atomic E-state index is 12.6. The molecular formula is C15H19ClNO6P. The Labute approximate surface area is 145 Å². The number of nitrogens with one attached hydrogen (secondary N) is 1. The molecule has 1 N–H and O–H groups in total. The first-order valence-electron chi connectivity index (χ1n) is 6.82. The number of phosphoric acid groups is 1. The van der Waals surface area contributed by atoms with Crippen molar-refractivity contribution in [3.05, 3.63) is 43.5 Å². The third kappa shape index (κ3) is 6.37. The first-order chi connectivity index (χ1) is 11.5. The molecule has 0 aliphatic rings. The molecule has 0 saturated heterocycles. The lowest BCUT2D eigenvalue weighted by atomic mass is 10.3. The van der Waals surface area contributed by atoms with Gasteiger partial charge in [-0.1, -0.05) is 12.2 Å². The highest BCUT2D eigenvalue weighted by Gasteiger charge is 2.29. The molecular weight excluding hydrogens is 357 g/mol. The smallest absolute Gasteiger partial charge is 0.493 e. The third-order valence-corrected chi connectivity index (χ3v) is 4.07. The van der Waals surface area contributed by atoms with Crippen molar-refractivity contribution < 1.29 is 27.7 Å². The van der Waals surface area contributed by atoms with E-state index in [-0.39, 0.29) is 36.5 Å². The highest BCUT2D eigenvalue weighted by molar-refractivity contribution is 7.48. The van der Waals surface area contributed by atoms with Crippen LogP contribution in [0.25, 0.3) is 0 Å². The second kappa shape index (κ2) is 10.2. The van der Waals surface area contributed by atoms with Gasteiger partial charge >= 0.3 is 7.82 Å². The number of carbonyl (C=O) groups excluding carboxylic acids is 1. The van der Waals surface area contributed by atoms with Crippen LogP contribution in [0.2, 0.25) is 0 Å². The van der Waals surface area contributed by atoms with Gasteiger partial charge in [0.1, 0.15) is 5.88 Å². The minimum absolute atomic E-state index is 0.0272. The lowest BCUT2D eigenvalue weighted by Gasteiger charge is -2.19. The van der Waals surface area contributed by atoms with Crippen molar-refractivity contribution in [3.8, 4) is 11.5 Å². The van der Waals surface area contributed by atoms with E-state index in [9.17, 15) is 9.36 Å². The monoisotopic (exact) mass is 375 g/mol. The zero-order chi connectivity index (χ0) is 18.0. The Hall–Kier alpha value is -1.79. The number of phosphoric ester groups is 1. The van der Waals surface area contributed by atoms with Crippen LogP contribution in [-0.4, -0.2) is 32.1 Å². The van der Waals surface area contributed by atoms with Crippen molar-refractivity contribution >= 4 is 31.0 Å². The molecule has 0 unspecified atom stereocenters. The van der Waals surface area contributed by atoms with Crippen LogP contribution in [0.5, 0.6) is 11.5 Å². The van der Waals surface area contributed by atoms with Crippen LogP contribution in [0.4, 0.5) is 5.69 Å². The summed E-state index contributed by atoms with van der Waals surface area (Å²) in [5.41, 5.74) is 0.443. The largest absolute Gasteiger partial charge is 0.530 e. The Kier molecular flexibility index (Phi) is 8.57. The Bertz CT molecular complexity index is 620. The molecule has 0 spiro atoms. The number of methoxy groups -OCH3 is 1. The van der Waals surface area contributed by atoms with Crippen molar-refractivity contribution in [1.29, 1.82) is 0 Å². The van der Waals surface area contributed by atoms with Crippen molar-refractivity contribution in [1.82, 2.24) is 0 Å². The molecule has 1 aromatic carbocycles. The molecule has 1 rings (SSSR count). The molecule has 0 saturated carbocycles. The van der Waals surface area contributed by atoms with Gasteiger partial charge in [-0.15, -0.1) is 24.8 Å². The van der Waals surface area contributed by atoms with Crippen LogP contribution in [0.1, 0.15) is 0 Å². The van der Waals surface area contributed by atoms with E-state index < -0.39 is 7.82 Å². The van der Waals surface area contributed by atoms with Gasteiger partial charge in [0.05, 0.1) is 20.3 Å². The highest BCUT2D eigenvalue weighted by Crippen LogP contribution is 2.51. The van der Waals surface area contributed by atoms with Crippen LogP contribution >= 0.6 is 19.4 Å². The maximum absolute atomic E-state index is 12.6. The number of benzene rings is 1. The number of hydrogen-bond acceptors (Lipinski definition) is 6. The maximum Gasteiger partial charge on any atom is 0.530 e. The van der Waals surface area contributed by atoms with Crippen molar-refractivity contribution in [2.24, 2.45) is 0 Å². The summed E-state index contributed by atoms with van der Waals surface area (Å²) < 4.78 is 33.3. The highest BCUT2D eigenvalue weighted by atomic mass is 35.5. The van der Waals surface area contributed by atoms with E-state index in [4.69, 9.17) is 29.9 Å². The summed E-state index contributed by atoms with van der Waals surface area (Å²) in [5.74, 6) is -0.202. The van der Waals surface area contributed by atoms with Gasteiger partial charge in [-0.25, -0.2) is 4.57 Å². The van der Waals surface area contributed by atoms with Gasteiger partial charge in [0.15, 0.2) is 11.5 Å². The van der Waals surface area contributed by atoms with Gasteiger partial charge < -0.3 is 14.6 Å². The second-order valence-electron chi connectivity index (χ2n) is 4.25. The van der Waals surface area contributed by atoms with Crippen LogP contribution in [0, 0.1) is 0 Å². The fraction of sp³-hybridized carbons (Fsp3) is 0.267. The molecule has 0 aliphatic carbocycles. The first kappa shape index (κ1) is 20.3. The standard InChI is InChI=1S/C15H19ClNO6P/c1-4-8-21-24(19,22-9-5-2)23-13-7-6-12(10-14(13)20-3)17-15(18)11-16/h4-7,10H,1-2,8-9,11H2,3H3,(H,17,18). The zero-order valence-electron chi connectivity index (χ0n) is 13.2. The van der Waals surface area contributed by atoms with Crippen LogP contribution < -0.4 is 14.6 Å². The third-order valence-electron chi connectivity index (χ3n) is 2.48. The number of amides is 1. The number of alkyl halides is 1. The van der Waals surface area contributed by atoms with E-state index in [0.29, 0.717) is 5.69 Å². The summed E-state index contributed by atoms with van der Waals surface area (Å²) in [4.78, 5) is 11.3. The topological polar surface area (TPSA) is 83.1 Å². The predicted molar refractivity (Wildman–Crippen MR) is 92.9 cm³/mol. The number of rotatable bonds is 11. The first-order valence-corrected chi connectivity index (χ1v) is 8.82. The molecule has 1 aromatic rings. The fourth-order valence-electron chi connectivity index (χ4n) is 1.51. The molecule has 132 valence electrons. The van der Waals surface area contributed by atoms with Crippen molar-refractivity contribution in [2.45, 2.75) is 0 Å². The molecule has 1 amide bonds. The summed E-state index contributed by atoms with van der Waals surface area (Å²) in [6.45, 7) is 6.90. The van der Waals surface area contributed by atoms with E-state index in [1.54, 1.807) is 0 Å². The van der Waals surface area contributed by atoms with Gasteiger partial charge in [0, 0.05) is 11.8 Å². The van der Waals surface area contributed by atoms with Gasteiger partial charge in [0.25, 0.3) is 0 Å². The second-order valence-corrected chi connectivity index (χ2v) is 6.12. The molecule has 24 heavy (non-hydrogen) atoms. The summed E-state index contributed by atoms with van der Waals surface area (Å²) in [7, 11) is -2.50. The number of halogens is 1. The Morgan fingerprint density at radius 1 is 1.25 bits per heavy atom. The van der Waals surface area contributed by atoms with Crippen LogP contribution in [-0.2, 0) is 18.4 Å². The average Bonchev–Trinajstić information content (AvgIpc) is 2.59. The van der Waals surface area contributed by atoms with E-state index >= 15 is 0 Å². The summed E-state index contributed by atoms with van der Waals surface area (Å²) in [6.07, 6.45) is 2.82. The lowest BCUT2D eigenvalue weighted by molar-refractivity contribution is -0.113. The number of ether oxygens (including phenoxy) is 1. The van der Waals surface area contributed by atoms with Gasteiger partial charge in [-0.3, -0.25) is 13.8 Å². The molecule has 0 aliphatic heterocycles. The Balaban J connectivity index is 3.00. The quantitative estimate of drug-likeness (QED) is 0.360. The number of anilines is 1. The number of hydrogen-bond donors (Lipinski definition) is 1. The molecule has 0 aromatic heterocycles. The summed E-state index contributed by atoms with van der Waals surface area (Å²) in [5, 5.41) is 2.56. The van der Waals surface area contributed by atoms with E-state index in [2.05, 4.69) is 18.5 Å². The zero-order valence-corrected chi connectivity index (χ0v) is 14.8. The van der Waals surface area contributed by atoms with E-state index in [1.165, 1.54) is 37.5 Å². The summed E-state index contributed by atoms with van der Waals surface area (Å²) >= 11 is 5.44. The lowest BCUT2D eigenvalue weighted by Crippen LogP contribution is -2.12. The van der Waals surface area contributed by atoms with E-state index in [0.717, 1.165) is 0 Å². The SMILES string of the molecule is C=CCOP(=O)(OCC=C)Oc1ccc(NC(=O)CCl)cc1OC. The minimum atomic E-state index is -3.89. The molecule has 0 heterocycles. The van der Waals surface area contributed by atoms with Gasteiger partial charge in [-0.2, -0.15) is 0 Å². The molecule has 0 atom stereocenters. The van der Waals surface area contributed by atoms with E-state index in [1.807, 2.05) is 0 Å². The average molecular weight is 376 g/mol. The summed E-state index contributed by atoms with van der Waals surface area (Å²) in [6, 6.07) is 4.49. The van der Waals surface area contributed by atoms with Crippen molar-refractivity contribution in [3.63, 3.8) is 0 Å². The fourth-order valence-corrected chi connectivity index (χ4v) is 2.73. The molecule has 0 bridgehead atoms. The molecule has 0 radical (unpaired) electrons. The number of carbonyl (C=O) groups is 1. The molecule has 7 nitrogen and oxygen atoms in total. The molecule has 0 fully saturated rings. The predicted octanol–water partition coefficient (Wildman–Crippen LogP) is 3.76. The van der Waals surface area contributed by atoms with Gasteiger partial charge in [0.2, 0.25) is 5.91 Å². The van der Waals surface area contributed by atoms with Crippen molar-refractivity contribution in [2.75, 3.05) is 31.5 Å².